The van der Waals surface area contributed by atoms with E-state index in [1.807, 2.05) is 6.92 Å². The summed E-state index contributed by atoms with van der Waals surface area (Å²) in [7, 11) is 0. The van der Waals surface area contributed by atoms with Crippen LogP contribution in [0.1, 0.15) is 12.5 Å². The molecule has 2 N–H and O–H groups in total. The predicted octanol–water partition coefficient (Wildman–Crippen LogP) is 2.90. The van der Waals surface area contributed by atoms with E-state index < -0.39 is 12.5 Å². The van der Waals surface area contributed by atoms with Gasteiger partial charge in [-0.1, -0.05) is 0 Å². The molecule has 1 rings (SSSR count). The fourth-order valence-electron chi connectivity index (χ4n) is 1.12. The third-order valence-corrected chi connectivity index (χ3v) is 2.53. The molecule has 84 valence electrons. The average Bonchev–Trinajstić information content (AvgIpc) is 2.21. The van der Waals surface area contributed by atoms with Crippen LogP contribution in [0.2, 0.25) is 0 Å². The molecule has 0 saturated carbocycles. The Kier molecular flexibility index (Phi) is 4.04. The van der Waals surface area contributed by atoms with Gasteiger partial charge in [-0.3, -0.25) is 0 Å². The Hall–Kier alpha value is -0.680. The van der Waals surface area contributed by atoms with E-state index in [0.29, 0.717) is 16.8 Å². The lowest BCUT2D eigenvalue weighted by atomic mass is 10.1. The van der Waals surface area contributed by atoms with E-state index in [-0.39, 0.29) is 5.56 Å². The van der Waals surface area contributed by atoms with Crippen molar-refractivity contribution >= 4 is 15.9 Å². The van der Waals surface area contributed by atoms with Crippen molar-refractivity contribution in [3.05, 3.63) is 28.2 Å². The highest BCUT2D eigenvalue weighted by Crippen LogP contribution is 2.33. The molecule has 0 unspecified atom stereocenters. The second-order valence-corrected chi connectivity index (χ2v) is 3.84. The van der Waals surface area contributed by atoms with E-state index in [4.69, 9.17) is 10.5 Å². The zero-order valence-electron chi connectivity index (χ0n) is 8.27. The van der Waals surface area contributed by atoms with Crippen LogP contribution in [0.4, 0.5) is 8.78 Å². The van der Waals surface area contributed by atoms with Gasteiger partial charge in [0.1, 0.15) is 5.75 Å². The molecule has 0 radical (unpaired) electrons. The quantitative estimate of drug-likeness (QED) is 0.920. The molecule has 0 bridgehead atoms. The lowest BCUT2D eigenvalue weighted by molar-refractivity contribution is 0.00585. The first-order chi connectivity index (χ1) is 7.01. The van der Waals surface area contributed by atoms with Crippen LogP contribution in [0.15, 0.2) is 22.7 Å². The molecule has 0 aromatic heterocycles. The fraction of sp³-hybridized carbons (Fsp3) is 0.400. The first-order valence-corrected chi connectivity index (χ1v) is 5.31. The zero-order chi connectivity index (χ0) is 11.5. The molecule has 0 heterocycles. The monoisotopic (exact) mass is 279 g/mol. The highest BCUT2D eigenvalue weighted by atomic mass is 79.9. The Balaban J connectivity index is 3.01. The smallest absolute Gasteiger partial charge is 0.285 e. The van der Waals surface area contributed by atoms with Crippen LogP contribution >= 0.6 is 15.9 Å². The van der Waals surface area contributed by atoms with Crippen molar-refractivity contribution in [3.8, 4) is 5.75 Å². The van der Waals surface area contributed by atoms with Gasteiger partial charge in [-0.15, -0.1) is 0 Å². The maximum atomic E-state index is 13.2. The SMILES string of the molecule is CCOc1ccc(C(F)(F)CN)cc1Br. The molecule has 15 heavy (non-hydrogen) atoms. The summed E-state index contributed by atoms with van der Waals surface area (Å²) in [6.07, 6.45) is 0. The third kappa shape index (κ3) is 2.89. The number of nitrogens with two attached hydrogens (primary N) is 1. The summed E-state index contributed by atoms with van der Waals surface area (Å²) in [5.74, 6) is -2.44. The lowest BCUT2D eigenvalue weighted by Crippen LogP contribution is -2.25. The molecule has 0 amide bonds. The summed E-state index contributed by atoms with van der Waals surface area (Å²) < 4.78 is 32.1. The van der Waals surface area contributed by atoms with Gasteiger partial charge in [-0.2, -0.15) is 8.78 Å². The number of benzene rings is 1. The first-order valence-electron chi connectivity index (χ1n) is 4.52. The molecule has 2 nitrogen and oxygen atoms in total. The molecule has 0 aliphatic rings. The molecule has 0 saturated heterocycles. The Morgan fingerprint density at radius 2 is 2.13 bits per heavy atom. The molecule has 1 aromatic carbocycles. The maximum absolute atomic E-state index is 13.2. The van der Waals surface area contributed by atoms with E-state index in [0.717, 1.165) is 0 Å². The molecule has 0 aliphatic heterocycles. The van der Waals surface area contributed by atoms with Gasteiger partial charge in [0.25, 0.3) is 5.92 Å². The minimum absolute atomic E-state index is 0.111. The van der Waals surface area contributed by atoms with Crippen LogP contribution in [-0.4, -0.2) is 13.2 Å². The van der Waals surface area contributed by atoms with Gasteiger partial charge in [-0.25, -0.2) is 0 Å². The molecule has 5 heteroatoms. The molecule has 0 spiro atoms. The van der Waals surface area contributed by atoms with Crippen molar-refractivity contribution in [1.82, 2.24) is 0 Å². The van der Waals surface area contributed by atoms with Crippen molar-refractivity contribution in [2.75, 3.05) is 13.2 Å². The summed E-state index contributed by atoms with van der Waals surface area (Å²) in [6.45, 7) is 1.62. The molecule has 0 fully saturated rings. The van der Waals surface area contributed by atoms with Crippen LogP contribution in [0.25, 0.3) is 0 Å². The van der Waals surface area contributed by atoms with Gasteiger partial charge in [0.15, 0.2) is 0 Å². The van der Waals surface area contributed by atoms with Crippen molar-refractivity contribution in [2.45, 2.75) is 12.8 Å². The second-order valence-electron chi connectivity index (χ2n) is 2.99. The number of alkyl halides is 2. The molecular weight excluding hydrogens is 268 g/mol. The number of rotatable bonds is 4. The van der Waals surface area contributed by atoms with Gasteiger partial charge in [0.2, 0.25) is 0 Å². The number of ether oxygens (including phenoxy) is 1. The lowest BCUT2D eigenvalue weighted by Gasteiger charge is -2.15. The highest BCUT2D eigenvalue weighted by molar-refractivity contribution is 9.10. The summed E-state index contributed by atoms with van der Waals surface area (Å²) in [6, 6.07) is 4.16. The number of hydrogen-bond acceptors (Lipinski definition) is 2. The van der Waals surface area contributed by atoms with Gasteiger partial charge in [-0.05, 0) is 41.1 Å². The molecule has 0 atom stereocenters. The van der Waals surface area contributed by atoms with Gasteiger partial charge in [0.05, 0.1) is 17.6 Å². The van der Waals surface area contributed by atoms with Crippen LogP contribution < -0.4 is 10.5 Å². The maximum Gasteiger partial charge on any atom is 0.285 e. The van der Waals surface area contributed by atoms with E-state index in [9.17, 15) is 8.78 Å². The largest absolute Gasteiger partial charge is 0.493 e. The highest BCUT2D eigenvalue weighted by Gasteiger charge is 2.29. The Labute approximate surface area is 95.5 Å². The van der Waals surface area contributed by atoms with E-state index >= 15 is 0 Å². The first kappa shape index (κ1) is 12.4. The standard InChI is InChI=1S/C10H12BrF2NO/c1-2-15-9-4-3-7(5-8(9)11)10(12,13)6-14/h3-5H,2,6,14H2,1H3. The normalized spacial score (nSPS) is 11.5. The minimum atomic E-state index is -2.99. The van der Waals surface area contributed by atoms with Gasteiger partial charge >= 0.3 is 0 Å². The molecule has 0 aliphatic carbocycles. The topological polar surface area (TPSA) is 35.2 Å². The second kappa shape index (κ2) is 4.90. The van der Waals surface area contributed by atoms with E-state index in [2.05, 4.69) is 15.9 Å². The number of hydrogen-bond donors (Lipinski definition) is 1. The Morgan fingerprint density at radius 1 is 1.47 bits per heavy atom. The molecular formula is C10H12BrF2NO. The van der Waals surface area contributed by atoms with Gasteiger partial charge in [0, 0.05) is 5.56 Å². The van der Waals surface area contributed by atoms with E-state index in [1.165, 1.54) is 18.2 Å². The zero-order valence-corrected chi connectivity index (χ0v) is 9.85. The molecule has 1 aromatic rings. The van der Waals surface area contributed by atoms with Crippen LogP contribution in [0, 0.1) is 0 Å². The number of halogens is 3. The van der Waals surface area contributed by atoms with Crippen molar-refractivity contribution < 1.29 is 13.5 Å². The van der Waals surface area contributed by atoms with Crippen molar-refractivity contribution in [3.63, 3.8) is 0 Å². The third-order valence-electron chi connectivity index (χ3n) is 1.91. The summed E-state index contributed by atoms with van der Waals surface area (Å²) in [5.41, 5.74) is 4.88. The summed E-state index contributed by atoms with van der Waals surface area (Å²) >= 11 is 3.17. The Morgan fingerprint density at radius 3 is 2.60 bits per heavy atom. The predicted molar refractivity (Wildman–Crippen MR) is 58.3 cm³/mol. The Bertz CT molecular complexity index is 344. The van der Waals surface area contributed by atoms with E-state index in [1.54, 1.807) is 0 Å². The fourth-order valence-corrected chi connectivity index (χ4v) is 1.61. The summed E-state index contributed by atoms with van der Waals surface area (Å²) in [4.78, 5) is 0. The minimum Gasteiger partial charge on any atom is -0.493 e. The van der Waals surface area contributed by atoms with Crippen LogP contribution in [0.3, 0.4) is 0 Å². The van der Waals surface area contributed by atoms with Crippen LogP contribution in [-0.2, 0) is 5.92 Å². The van der Waals surface area contributed by atoms with Gasteiger partial charge < -0.3 is 10.5 Å². The van der Waals surface area contributed by atoms with Crippen LogP contribution in [0.5, 0.6) is 5.75 Å². The summed E-state index contributed by atoms with van der Waals surface area (Å²) in [5, 5.41) is 0. The van der Waals surface area contributed by atoms with Crippen molar-refractivity contribution in [1.29, 1.82) is 0 Å². The van der Waals surface area contributed by atoms with Crippen molar-refractivity contribution in [2.24, 2.45) is 5.73 Å². The average molecular weight is 280 g/mol.